The van der Waals surface area contributed by atoms with Crippen LogP contribution in [-0.4, -0.2) is 36.7 Å². The second-order valence-corrected chi connectivity index (χ2v) is 5.58. The third kappa shape index (κ3) is 4.03. The summed E-state index contributed by atoms with van der Waals surface area (Å²) in [5.41, 5.74) is 0.920. The third-order valence-electron chi connectivity index (χ3n) is 3.16. The summed E-state index contributed by atoms with van der Waals surface area (Å²) in [5, 5.41) is 14.6. The van der Waals surface area contributed by atoms with Gasteiger partial charge in [0.25, 0.3) is 0 Å². The Morgan fingerprint density at radius 3 is 2.86 bits per heavy atom. The minimum atomic E-state index is -1.05. The van der Waals surface area contributed by atoms with Crippen LogP contribution in [-0.2, 0) is 20.7 Å². The first kappa shape index (κ1) is 15.5. The van der Waals surface area contributed by atoms with Crippen LogP contribution in [0.3, 0.4) is 0 Å². The van der Waals surface area contributed by atoms with E-state index in [4.69, 9.17) is 9.84 Å². The molecule has 0 radical (unpaired) electrons. The summed E-state index contributed by atoms with van der Waals surface area (Å²) in [6.45, 7) is 0.290. The van der Waals surface area contributed by atoms with Crippen LogP contribution in [0.4, 0.5) is 0 Å². The molecule has 5 nitrogen and oxygen atoms in total. The van der Waals surface area contributed by atoms with Gasteiger partial charge in [0.1, 0.15) is 6.04 Å². The highest BCUT2D eigenvalue weighted by atomic mass is 32.1. The molecule has 1 aromatic heterocycles. The summed E-state index contributed by atoms with van der Waals surface area (Å²) in [6, 6.07) is 6.93. The predicted octanol–water partition coefficient (Wildman–Crippen LogP) is 2.05. The number of carboxylic acid groups (broad SMARTS) is 1. The molecule has 1 amide bonds. The molecule has 6 heteroatoms. The van der Waals surface area contributed by atoms with Gasteiger partial charge >= 0.3 is 5.97 Å². The fourth-order valence-electron chi connectivity index (χ4n) is 2.08. The number of nitrogens with one attached hydrogen (secondary N) is 1. The Bertz CT molecular complexity index is 637. The van der Waals surface area contributed by atoms with Crippen LogP contribution in [0.1, 0.15) is 12.0 Å². The number of ether oxygens (including phenoxy) is 1. The topological polar surface area (TPSA) is 75.6 Å². The number of aliphatic carboxylic acids is 1. The van der Waals surface area contributed by atoms with Gasteiger partial charge in [-0.25, -0.2) is 4.79 Å². The lowest BCUT2D eigenvalue weighted by Crippen LogP contribution is -2.42. The van der Waals surface area contributed by atoms with E-state index in [-0.39, 0.29) is 18.7 Å². The van der Waals surface area contributed by atoms with Crippen LogP contribution in [0.25, 0.3) is 10.1 Å². The zero-order chi connectivity index (χ0) is 15.2. The highest BCUT2D eigenvalue weighted by molar-refractivity contribution is 7.17. The van der Waals surface area contributed by atoms with Crippen molar-refractivity contribution in [2.75, 3.05) is 13.7 Å². The predicted molar refractivity (Wildman–Crippen MR) is 81.6 cm³/mol. The van der Waals surface area contributed by atoms with Gasteiger partial charge in [0.15, 0.2) is 0 Å². The van der Waals surface area contributed by atoms with Gasteiger partial charge in [-0.2, -0.15) is 0 Å². The molecule has 0 bridgehead atoms. The molecular weight excluding hydrogens is 290 g/mol. The van der Waals surface area contributed by atoms with E-state index in [1.165, 1.54) is 7.11 Å². The first-order valence-corrected chi connectivity index (χ1v) is 7.46. The number of thiophene rings is 1. The van der Waals surface area contributed by atoms with E-state index < -0.39 is 12.0 Å². The van der Waals surface area contributed by atoms with Gasteiger partial charge in [-0.05, 0) is 22.4 Å². The monoisotopic (exact) mass is 307 g/mol. The van der Waals surface area contributed by atoms with Gasteiger partial charge < -0.3 is 15.2 Å². The van der Waals surface area contributed by atoms with Crippen molar-refractivity contribution in [3.05, 3.63) is 35.2 Å². The molecule has 2 N–H and O–H groups in total. The lowest BCUT2D eigenvalue weighted by Gasteiger charge is -2.13. The number of carboxylic acids is 1. The van der Waals surface area contributed by atoms with Gasteiger partial charge in [-0.1, -0.05) is 18.2 Å². The van der Waals surface area contributed by atoms with Crippen LogP contribution >= 0.6 is 11.3 Å². The van der Waals surface area contributed by atoms with E-state index in [9.17, 15) is 9.59 Å². The van der Waals surface area contributed by atoms with Crippen molar-refractivity contribution >= 4 is 33.3 Å². The molecule has 1 atom stereocenters. The fraction of sp³-hybridized carbons (Fsp3) is 0.333. The maximum Gasteiger partial charge on any atom is 0.326 e. The number of fused-ring (bicyclic) bond motifs is 1. The summed E-state index contributed by atoms with van der Waals surface area (Å²) >= 11 is 1.58. The quantitative estimate of drug-likeness (QED) is 0.821. The Balaban J connectivity index is 2.02. The minimum absolute atomic E-state index is 0.181. The Kier molecular flexibility index (Phi) is 5.30. The highest BCUT2D eigenvalue weighted by Gasteiger charge is 2.20. The third-order valence-corrected chi connectivity index (χ3v) is 4.17. The second-order valence-electron chi connectivity index (χ2n) is 4.67. The molecule has 1 aromatic carbocycles. The van der Waals surface area contributed by atoms with E-state index in [0.29, 0.717) is 6.61 Å². The largest absolute Gasteiger partial charge is 0.480 e. The lowest BCUT2D eigenvalue weighted by atomic mass is 10.1. The van der Waals surface area contributed by atoms with Crippen molar-refractivity contribution in [3.8, 4) is 0 Å². The number of hydrogen-bond donors (Lipinski definition) is 2. The smallest absolute Gasteiger partial charge is 0.326 e. The van der Waals surface area contributed by atoms with Crippen LogP contribution in [0.5, 0.6) is 0 Å². The number of amides is 1. The summed E-state index contributed by atoms with van der Waals surface area (Å²) < 4.78 is 5.97. The second kappa shape index (κ2) is 7.19. The number of hydrogen-bond acceptors (Lipinski definition) is 4. The number of benzene rings is 1. The molecule has 0 saturated carbocycles. The molecule has 1 heterocycles. The summed E-state index contributed by atoms with van der Waals surface area (Å²) in [6.07, 6.45) is 0.433. The van der Waals surface area contributed by atoms with Crippen LogP contribution in [0, 0.1) is 0 Å². The van der Waals surface area contributed by atoms with E-state index in [1.807, 2.05) is 29.6 Å². The maximum atomic E-state index is 12.0. The molecule has 0 aliphatic carbocycles. The normalized spacial score (nSPS) is 12.2. The maximum absolute atomic E-state index is 12.0. The van der Waals surface area contributed by atoms with Crippen molar-refractivity contribution in [2.45, 2.75) is 18.9 Å². The van der Waals surface area contributed by atoms with E-state index >= 15 is 0 Å². The van der Waals surface area contributed by atoms with Gasteiger partial charge in [0.2, 0.25) is 5.91 Å². The SMILES string of the molecule is COCCC(NC(=O)Cc1csc2ccccc12)C(=O)O. The molecule has 0 spiro atoms. The minimum Gasteiger partial charge on any atom is -0.480 e. The number of rotatable bonds is 7. The zero-order valence-electron chi connectivity index (χ0n) is 11.7. The van der Waals surface area contributed by atoms with Gasteiger partial charge in [-0.15, -0.1) is 11.3 Å². The molecule has 0 fully saturated rings. The molecule has 2 aromatic rings. The average Bonchev–Trinajstić information content (AvgIpc) is 2.86. The molecule has 0 saturated heterocycles. The average molecular weight is 307 g/mol. The standard InChI is InChI=1S/C15H17NO4S/c1-20-7-6-12(15(18)19)16-14(17)8-10-9-21-13-5-3-2-4-11(10)13/h2-5,9,12H,6-8H2,1H3,(H,16,17)(H,18,19). The van der Waals surface area contributed by atoms with Gasteiger partial charge in [0.05, 0.1) is 6.42 Å². The molecule has 21 heavy (non-hydrogen) atoms. The molecule has 0 aliphatic heterocycles. The van der Waals surface area contributed by atoms with Crippen LogP contribution in [0.15, 0.2) is 29.6 Å². The molecular formula is C15H17NO4S. The Morgan fingerprint density at radius 1 is 1.38 bits per heavy atom. The van der Waals surface area contributed by atoms with Gasteiger partial charge in [-0.3, -0.25) is 4.79 Å². The Morgan fingerprint density at radius 2 is 2.14 bits per heavy atom. The van der Waals surface area contributed by atoms with Crippen LogP contribution in [0.2, 0.25) is 0 Å². The van der Waals surface area contributed by atoms with Crippen molar-refractivity contribution in [3.63, 3.8) is 0 Å². The van der Waals surface area contributed by atoms with Crippen molar-refractivity contribution < 1.29 is 19.4 Å². The van der Waals surface area contributed by atoms with Gasteiger partial charge in [0, 0.05) is 24.8 Å². The summed E-state index contributed by atoms with van der Waals surface area (Å²) in [7, 11) is 1.50. The Hall–Kier alpha value is -1.92. The lowest BCUT2D eigenvalue weighted by molar-refractivity contribution is -0.142. The number of carbonyl (C=O) groups excluding carboxylic acids is 1. The zero-order valence-corrected chi connectivity index (χ0v) is 12.5. The summed E-state index contributed by atoms with van der Waals surface area (Å²) in [5.74, 6) is -1.34. The summed E-state index contributed by atoms with van der Waals surface area (Å²) in [4.78, 5) is 23.1. The molecule has 0 aliphatic rings. The Labute approximate surface area is 126 Å². The van der Waals surface area contributed by atoms with E-state index in [1.54, 1.807) is 11.3 Å². The number of carbonyl (C=O) groups is 2. The number of methoxy groups -OCH3 is 1. The molecule has 2 rings (SSSR count). The highest BCUT2D eigenvalue weighted by Crippen LogP contribution is 2.25. The fourth-order valence-corrected chi connectivity index (χ4v) is 3.04. The van der Waals surface area contributed by atoms with E-state index in [2.05, 4.69) is 5.32 Å². The molecule has 112 valence electrons. The van der Waals surface area contributed by atoms with Crippen molar-refractivity contribution in [1.82, 2.24) is 5.32 Å². The van der Waals surface area contributed by atoms with Crippen molar-refractivity contribution in [2.24, 2.45) is 0 Å². The van der Waals surface area contributed by atoms with Crippen molar-refractivity contribution in [1.29, 1.82) is 0 Å². The van der Waals surface area contributed by atoms with Crippen LogP contribution < -0.4 is 5.32 Å². The molecule has 1 unspecified atom stereocenters. The first-order chi connectivity index (χ1) is 10.1. The van der Waals surface area contributed by atoms with E-state index in [0.717, 1.165) is 15.6 Å². The first-order valence-electron chi connectivity index (χ1n) is 6.58.